The van der Waals surface area contributed by atoms with Crippen molar-refractivity contribution in [3.63, 3.8) is 0 Å². The minimum atomic E-state index is 0.114. The highest BCUT2D eigenvalue weighted by molar-refractivity contribution is 5.77. The lowest BCUT2D eigenvalue weighted by molar-refractivity contribution is -0.143. The molecule has 1 fully saturated rings. The van der Waals surface area contributed by atoms with Crippen LogP contribution in [0.3, 0.4) is 0 Å². The number of benzene rings is 1. The lowest BCUT2D eigenvalue weighted by atomic mass is 10.1. The van der Waals surface area contributed by atoms with E-state index in [4.69, 9.17) is 9.15 Å². The molecule has 4 heteroatoms. The third-order valence-electron chi connectivity index (χ3n) is 4.23. The van der Waals surface area contributed by atoms with E-state index in [-0.39, 0.29) is 18.1 Å². The van der Waals surface area contributed by atoms with Crippen molar-refractivity contribution in [2.75, 3.05) is 13.2 Å². The largest absolute Gasteiger partial charge is 0.461 e. The molecule has 0 N–H and O–H groups in total. The molecule has 23 heavy (non-hydrogen) atoms. The van der Waals surface area contributed by atoms with Crippen LogP contribution in [0.1, 0.15) is 26.0 Å². The Kier molecular flexibility index (Phi) is 4.82. The Morgan fingerprint density at radius 3 is 2.74 bits per heavy atom. The Balaban J connectivity index is 1.58. The molecule has 0 aliphatic carbocycles. The number of morpholine rings is 1. The van der Waals surface area contributed by atoms with Gasteiger partial charge in [0, 0.05) is 24.9 Å². The van der Waals surface area contributed by atoms with Crippen LogP contribution in [0.2, 0.25) is 0 Å². The normalized spacial score (nSPS) is 21.4. The molecule has 1 aliphatic rings. The predicted octanol–water partition coefficient (Wildman–Crippen LogP) is 3.52. The van der Waals surface area contributed by atoms with Gasteiger partial charge in [-0.25, -0.2) is 0 Å². The molecule has 2 aromatic rings. The summed E-state index contributed by atoms with van der Waals surface area (Å²) in [4.78, 5) is 14.4. The summed E-state index contributed by atoms with van der Waals surface area (Å²) in [5.41, 5.74) is 1.06. The van der Waals surface area contributed by atoms with Gasteiger partial charge in [-0.1, -0.05) is 30.3 Å². The maximum absolute atomic E-state index is 12.4. The van der Waals surface area contributed by atoms with Crippen LogP contribution in [0.4, 0.5) is 0 Å². The molecule has 2 atom stereocenters. The summed E-state index contributed by atoms with van der Waals surface area (Å²) >= 11 is 0. The second kappa shape index (κ2) is 7.01. The van der Waals surface area contributed by atoms with E-state index in [1.807, 2.05) is 61.2 Å². The number of carbonyl (C=O) groups is 1. The number of hydrogen-bond donors (Lipinski definition) is 0. The van der Waals surface area contributed by atoms with Crippen LogP contribution < -0.4 is 0 Å². The minimum absolute atomic E-state index is 0.114. The Morgan fingerprint density at radius 2 is 1.96 bits per heavy atom. The van der Waals surface area contributed by atoms with Crippen molar-refractivity contribution in [2.24, 2.45) is 0 Å². The van der Waals surface area contributed by atoms with Crippen molar-refractivity contribution in [1.29, 1.82) is 0 Å². The van der Waals surface area contributed by atoms with Gasteiger partial charge in [0.05, 0.1) is 18.8 Å². The zero-order valence-electron chi connectivity index (χ0n) is 13.7. The molecule has 0 radical (unpaired) electrons. The molecular weight excluding hydrogens is 290 g/mol. The van der Waals surface area contributed by atoms with Gasteiger partial charge in [-0.05, 0) is 26.0 Å². The van der Waals surface area contributed by atoms with Gasteiger partial charge in [0.1, 0.15) is 11.5 Å². The Labute approximate surface area is 137 Å². The third kappa shape index (κ3) is 3.82. The quantitative estimate of drug-likeness (QED) is 0.867. The summed E-state index contributed by atoms with van der Waals surface area (Å²) in [5, 5.41) is 0. The fraction of sp³-hybridized carbons (Fsp3) is 0.421. The summed E-state index contributed by atoms with van der Waals surface area (Å²) in [6.45, 7) is 5.33. The van der Waals surface area contributed by atoms with Crippen LogP contribution in [-0.4, -0.2) is 36.1 Å². The molecular formula is C19H23NO3. The van der Waals surface area contributed by atoms with Crippen molar-refractivity contribution in [1.82, 2.24) is 4.90 Å². The van der Waals surface area contributed by atoms with Crippen LogP contribution in [0.25, 0.3) is 11.3 Å². The lowest BCUT2D eigenvalue weighted by Crippen LogP contribution is -2.50. The monoisotopic (exact) mass is 313 g/mol. The molecule has 1 saturated heterocycles. The first-order chi connectivity index (χ1) is 11.1. The molecule has 2 unspecified atom stereocenters. The average molecular weight is 313 g/mol. The van der Waals surface area contributed by atoms with Crippen LogP contribution in [0, 0.1) is 0 Å². The highest BCUT2D eigenvalue weighted by Crippen LogP contribution is 2.23. The number of ether oxygens (including phenoxy) is 1. The zero-order chi connectivity index (χ0) is 16.2. The maximum atomic E-state index is 12.4. The van der Waals surface area contributed by atoms with Crippen molar-refractivity contribution >= 4 is 5.91 Å². The van der Waals surface area contributed by atoms with E-state index in [1.165, 1.54) is 0 Å². The third-order valence-corrected chi connectivity index (χ3v) is 4.23. The van der Waals surface area contributed by atoms with Gasteiger partial charge in [0.15, 0.2) is 0 Å². The molecule has 122 valence electrons. The van der Waals surface area contributed by atoms with E-state index in [2.05, 4.69) is 0 Å². The Hall–Kier alpha value is -2.07. The van der Waals surface area contributed by atoms with E-state index in [1.54, 1.807) is 0 Å². The molecule has 1 aliphatic heterocycles. The predicted molar refractivity (Wildman–Crippen MR) is 89.1 cm³/mol. The van der Waals surface area contributed by atoms with Crippen LogP contribution >= 0.6 is 0 Å². The van der Waals surface area contributed by atoms with Crippen LogP contribution in [0.5, 0.6) is 0 Å². The molecule has 1 aromatic heterocycles. The standard InChI is InChI=1S/C19H23NO3/c1-14-13-22-15(2)12-20(14)19(21)11-9-17-8-10-18(23-17)16-6-4-3-5-7-16/h3-8,10,14-15H,9,11-13H2,1-2H3. The lowest BCUT2D eigenvalue weighted by Gasteiger charge is -2.36. The molecule has 1 aromatic carbocycles. The van der Waals surface area contributed by atoms with Gasteiger partial charge in [0.25, 0.3) is 0 Å². The second-order valence-corrected chi connectivity index (χ2v) is 6.17. The fourth-order valence-corrected chi connectivity index (χ4v) is 2.89. The van der Waals surface area contributed by atoms with Crippen molar-refractivity contribution in [3.8, 4) is 11.3 Å². The average Bonchev–Trinajstić information content (AvgIpc) is 3.05. The van der Waals surface area contributed by atoms with Gasteiger partial charge in [-0.2, -0.15) is 0 Å². The van der Waals surface area contributed by atoms with E-state index < -0.39 is 0 Å². The molecule has 2 heterocycles. The van der Waals surface area contributed by atoms with Crippen LogP contribution in [-0.2, 0) is 16.0 Å². The number of amides is 1. The summed E-state index contributed by atoms with van der Waals surface area (Å²) in [5.74, 6) is 1.87. The maximum Gasteiger partial charge on any atom is 0.223 e. The molecule has 0 spiro atoms. The SMILES string of the molecule is CC1CN(C(=O)CCc2ccc(-c3ccccc3)o2)C(C)CO1. The van der Waals surface area contributed by atoms with E-state index >= 15 is 0 Å². The highest BCUT2D eigenvalue weighted by Gasteiger charge is 2.27. The smallest absolute Gasteiger partial charge is 0.223 e. The van der Waals surface area contributed by atoms with Gasteiger partial charge in [-0.3, -0.25) is 4.79 Å². The van der Waals surface area contributed by atoms with Crippen molar-refractivity contribution < 1.29 is 13.9 Å². The van der Waals surface area contributed by atoms with Gasteiger partial charge in [-0.15, -0.1) is 0 Å². The first kappa shape index (κ1) is 15.8. The Morgan fingerprint density at radius 1 is 1.17 bits per heavy atom. The number of hydrogen-bond acceptors (Lipinski definition) is 3. The summed E-state index contributed by atoms with van der Waals surface area (Å²) in [6.07, 6.45) is 1.21. The van der Waals surface area contributed by atoms with E-state index in [0.29, 0.717) is 26.0 Å². The van der Waals surface area contributed by atoms with Gasteiger partial charge < -0.3 is 14.1 Å². The number of carbonyl (C=O) groups excluding carboxylic acids is 1. The number of rotatable bonds is 4. The van der Waals surface area contributed by atoms with Crippen molar-refractivity contribution in [2.45, 2.75) is 38.8 Å². The van der Waals surface area contributed by atoms with E-state index in [0.717, 1.165) is 17.1 Å². The van der Waals surface area contributed by atoms with Crippen LogP contribution in [0.15, 0.2) is 46.9 Å². The van der Waals surface area contributed by atoms with E-state index in [9.17, 15) is 4.79 Å². The van der Waals surface area contributed by atoms with Crippen molar-refractivity contribution in [3.05, 3.63) is 48.2 Å². The Bertz CT molecular complexity index is 650. The first-order valence-electron chi connectivity index (χ1n) is 8.18. The number of nitrogens with zero attached hydrogens (tertiary/aromatic N) is 1. The second-order valence-electron chi connectivity index (χ2n) is 6.17. The highest BCUT2D eigenvalue weighted by atomic mass is 16.5. The van der Waals surface area contributed by atoms with Gasteiger partial charge in [0.2, 0.25) is 5.91 Å². The molecule has 1 amide bonds. The molecule has 0 saturated carbocycles. The minimum Gasteiger partial charge on any atom is -0.461 e. The molecule has 4 nitrogen and oxygen atoms in total. The van der Waals surface area contributed by atoms with Gasteiger partial charge >= 0.3 is 0 Å². The zero-order valence-corrected chi connectivity index (χ0v) is 13.7. The first-order valence-corrected chi connectivity index (χ1v) is 8.18. The topological polar surface area (TPSA) is 42.7 Å². The molecule has 0 bridgehead atoms. The number of aryl methyl sites for hydroxylation is 1. The summed E-state index contributed by atoms with van der Waals surface area (Å²) in [7, 11) is 0. The summed E-state index contributed by atoms with van der Waals surface area (Å²) < 4.78 is 11.4. The summed E-state index contributed by atoms with van der Waals surface area (Å²) in [6, 6.07) is 14.1. The molecule has 3 rings (SSSR count). The fourth-order valence-electron chi connectivity index (χ4n) is 2.89. The number of furan rings is 1.